The van der Waals surface area contributed by atoms with Crippen LogP contribution in [0.1, 0.15) is 19.6 Å². The van der Waals surface area contributed by atoms with Gasteiger partial charge in [-0.3, -0.25) is 4.79 Å². The van der Waals surface area contributed by atoms with Gasteiger partial charge in [0.1, 0.15) is 6.42 Å². The van der Waals surface area contributed by atoms with Gasteiger partial charge in [0.15, 0.2) is 5.76 Å². The van der Waals surface area contributed by atoms with Crippen molar-refractivity contribution in [2.75, 3.05) is 0 Å². The Hall–Kier alpha value is -1.52. The molecule has 0 aliphatic heterocycles. The molecular weight excluding hydrogens is 174 g/mol. The molecule has 5 nitrogen and oxygen atoms in total. The Morgan fingerprint density at radius 3 is 3.00 bits per heavy atom. The molecule has 0 saturated carbocycles. The van der Waals surface area contributed by atoms with Crippen LogP contribution < -0.4 is 4.74 Å². The maximum atomic E-state index is 10.3. The van der Waals surface area contributed by atoms with Crippen LogP contribution in [-0.4, -0.2) is 22.3 Å². The molecule has 0 radical (unpaired) electrons. The van der Waals surface area contributed by atoms with Gasteiger partial charge in [-0.2, -0.15) is 0 Å². The van der Waals surface area contributed by atoms with Gasteiger partial charge in [-0.05, 0) is 19.0 Å². The minimum atomic E-state index is -0.952. The van der Waals surface area contributed by atoms with Crippen molar-refractivity contribution in [3.05, 3.63) is 11.8 Å². The maximum Gasteiger partial charge on any atom is 0.311 e. The van der Waals surface area contributed by atoms with Crippen LogP contribution in [0.2, 0.25) is 0 Å². The number of rotatable bonds is 4. The number of carboxylic acids is 1. The molecule has 1 heterocycles. The minimum Gasteiger partial charge on any atom is -0.481 e. The van der Waals surface area contributed by atoms with Crippen molar-refractivity contribution in [2.24, 2.45) is 0 Å². The van der Waals surface area contributed by atoms with Crippen molar-refractivity contribution in [1.82, 2.24) is 5.16 Å². The molecule has 0 unspecified atom stereocenters. The Morgan fingerprint density at radius 2 is 2.46 bits per heavy atom. The van der Waals surface area contributed by atoms with Crippen molar-refractivity contribution in [2.45, 2.75) is 26.4 Å². The predicted molar refractivity (Wildman–Crippen MR) is 43.6 cm³/mol. The Labute approximate surface area is 75.3 Å². The van der Waals surface area contributed by atoms with E-state index in [4.69, 9.17) is 14.4 Å². The monoisotopic (exact) mass is 185 g/mol. The standard InChI is InChI=1S/C8H11NO4/c1-5(2)12-7-3-6(13-9-7)4-8(10)11/h3,5H,4H2,1-2H3,(H,10,11). The van der Waals surface area contributed by atoms with Gasteiger partial charge in [0.05, 0.1) is 6.10 Å². The molecule has 5 heteroatoms. The van der Waals surface area contributed by atoms with Crippen LogP contribution in [0.3, 0.4) is 0 Å². The van der Waals surface area contributed by atoms with Crippen LogP contribution in [0.25, 0.3) is 0 Å². The fourth-order valence-corrected chi connectivity index (χ4v) is 0.823. The molecule has 0 saturated heterocycles. The topological polar surface area (TPSA) is 72.6 Å². The highest BCUT2D eigenvalue weighted by molar-refractivity contribution is 5.69. The normalized spacial score (nSPS) is 10.4. The highest BCUT2D eigenvalue weighted by Gasteiger charge is 2.09. The van der Waals surface area contributed by atoms with Crippen molar-refractivity contribution in [1.29, 1.82) is 0 Å². The SMILES string of the molecule is CC(C)Oc1cc(CC(=O)O)on1. The molecule has 0 aliphatic carbocycles. The quantitative estimate of drug-likeness (QED) is 0.760. The molecule has 13 heavy (non-hydrogen) atoms. The second kappa shape index (κ2) is 3.93. The molecule has 0 amide bonds. The number of carbonyl (C=O) groups is 1. The van der Waals surface area contributed by atoms with Gasteiger partial charge < -0.3 is 14.4 Å². The number of aliphatic carboxylic acids is 1. The summed E-state index contributed by atoms with van der Waals surface area (Å²) in [6, 6.07) is 1.48. The maximum absolute atomic E-state index is 10.3. The third-order valence-electron chi connectivity index (χ3n) is 1.22. The third-order valence-corrected chi connectivity index (χ3v) is 1.22. The highest BCUT2D eigenvalue weighted by Crippen LogP contribution is 2.13. The molecule has 0 atom stereocenters. The smallest absolute Gasteiger partial charge is 0.311 e. The van der Waals surface area contributed by atoms with Crippen molar-refractivity contribution in [3.63, 3.8) is 0 Å². The lowest BCUT2D eigenvalue weighted by Gasteiger charge is -2.02. The molecule has 72 valence electrons. The third kappa shape index (κ3) is 3.14. The van der Waals surface area contributed by atoms with E-state index >= 15 is 0 Å². The zero-order chi connectivity index (χ0) is 9.84. The average Bonchev–Trinajstić information content (AvgIpc) is 2.33. The molecule has 0 aliphatic rings. The summed E-state index contributed by atoms with van der Waals surface area (Å²) in [4.78, 5) is 10.3. The van der Waals surface area contributed by atoms with E-state index in [1.807, 2.05) is 13.8 Å². The van der Waals surface area contributed by atoms with Crippen molar-refractivity contribution < 1.29 is 19.2 Å². The number of nitrogens with zero attached hydrogens (tertiary/aromatic N) is 1. The predicted octanol–water partition coefficient (Wildman–Crippen LogP) is 1.09. The van der Waals surface area contributed by atoms with E-state index < -0.39 is 5.97 Å². The summed E-state index contributed by atoms with van der Waals surface area (Å²) in [5.74, 6) is -0.332. The van der Waals surface area contributed by atoms with Gasteiger partial charge in [-0.1, -0.05) is 0 Å². The summed E-state index contributed by atoms with van der Waals surface area (Å²) in [5.41, 5.74) is 0. The molecular formula is C8H11NO4. The Balaban J connectivity index is 2.58. The van der Waals surface area contributed by atoms with Gasteiger partial charge in [-0.15, -0.1) is 0 Å². The van der Waals surface area contributed by atoms with E-state index in [2.05, 4.69) is 5.16 Å². The zero-order valence-corrected chi connectivity index (χ0v) is 7.48. The number of ether oxygens (including phenoxy) is 1. The lowest BCUT2D eigenvalue weighted by Crippen LogP contribution is -2.05. The average molecular weight is 185 g/mol. The van der Waals surface area contributed by atoms with E-state index in [1.54, 1.807) is 0 Å². The Kier molecular flexibility index (Phi) is 2.89. The van der Waals surface area contributed by atoms with Crippen molar-refractivity contribution in [3.8, 4) is 5.88 Å². The summed E-state index contributed by atoms with van der Waals surface area (Å²) in [5, 5.41) is 12.0. The lowest BCUT2D eigenvalue weighted by molar-refractivity contribution is -0.136. The van der Waals surface area contributed by atoms with Crippen LogP contribution in [0, 0.1) is 0 Å². The Morgan fingerprint density at radius 1 is 1.77 bits per heavy atom. The summed E-state index contributed by atoms with van der Waals surface area (Å²) < 4.78 is 9.90. The number of carboxylic acid groups (broad SMARTS) is 1. The second-order valence-electron chi connectivity index (χ2n) is 2.87. The first-order valence-electron chi connectivity index (χ1n) is 3.92. The van der Waals surface area contributed by atoms with E-state index in [9.17, 15) is 4.79 Å². The zero-order valence-electron chi connectivity index (χ0n) is 7.48. The first-order chi connectivity index (χ1) is 6.08. The second-order valence-corrected chi connectivity index (χ2v) is 2.87. The number of aromatic nitrogens is 1. The molecule has 0 bridgehead atoms. The summed E-state index contributed by atoms with van der Waals surface area (Å²) in [7, 11) is 0. The first kappa shape index (κ1) is 9.57. The van der Waals surface area contributed by atoms with Gasteiger partial charge in [0.25, 0.3) is 5.88 Å². The van der Waals surface area contributed by atoms with Crippen LogP contribution in [0.4, 0.5) is 0 Å². The first-order valence-corrected chi connectivity index (χ1v) is 3.92. The van der Waals surface area contributed by atoms with Crippen LogP contribution in [0.15, 0.2) is 10.6 Å². The highest BCUT2D eigenvalue weighted by atomic mass is 16.5. The lowest BCUT2D eigenvalue weighted by atomic mass is 10.3. The van der Waals surface area contributed by atoms with Gasteiger partial charge >= 0.3 is 5.97 Å². The van der Waals surface area contributed by atoms with E-state index in [1.165, 1.54) is 6.07 Å². The fraction of sp³-hybridized carbons (Fsp3) is 0.500. The van der Waals surface area contributed by atoms with Crippen LogP contribution in [0.5, 0.6) is 5.88 Å². The van der Waals surface area contributed by atoms with E-state index in [0.717, 1.165) is 0 Å². The fourth-order valence-electron chi connectivity index (χ4n) is 0.823. The summed E-state index contributed by atoms with van der Waals surface area (Å²) >= 11 is 0. The van der Waals surface area contributed by atoms with Gasteiger partial charge in [0.2, 0.25) is 0 Å². The van der Waals surface area contributed by atoms with Crippen LogP contribution in [-0.2, 0) is 11.2 Å². The molecule has 0 aromatic carbocycles. The number of hydrogen-bond acceptors (Lipinski definition) is 4. The molecule has 1 aromatic rings. The molecule has 1 N–H and O–H groups in total. The van der Waals surface area contributed by atoms with Crippen LogP contribution >= 0.6 is 0 Å². The van der Waals surface area contributed by atoms with Crippen molar-refractivity contribution >= 4 is 5.97 Å². The Bertz CT molecular complexity index is 292. The van der Waals surface area contributed by atoms with Gasteiger partial charge in [-0.25, -0.2) is 0 Å². The molecule has 1 aromatic heterocycles. The molecule has 0 fully saturated rings. The number of hydrogen-bond donors (Lipinski definition) is 1. The summed E-state index contributed by atoms with van der Waals surface area (Å²) in [6.07, 6.45) is -0.170. The van der Waals surface area contributed by atoms with Gasteiger partial charge in [0, 0.05) is 6.07 Å². The van der Waals surface area contributed by atoms with E-state index in [-0.39, 0.29) is 12.5 Å². The minimum absolute atomic E-state index is 0.00257. The molecule has 1 rings (SSSR count). The summed E-state index contributed by atoms with van der Waals surface area (Å²) in [6.45, 7) is 3.71. The van der Waals surface area contributed by atoms with E-state index in [0.29, 0.717) is 11.6 Å². The molecule has 0 spiro atoms. The largest absolute Gasteiger partial charge is 0.481 e.